The number of aromatic nitrogens is 2. The third-order valence-corrected chi connectivity index (χ3v) is 7.25. The van der Waals surface area contributed by atoms with Crippen LogP contribution in [0.3, 0.4) is 0 Å². The van der Waals surface area contributed by atoms with Crippen molar-refractivity contribution in [2.45, 2.75) is 59.4 Å². The number of hydrogen-bond donors (Lipinski definition) is 1. The average Bonchev–Trinajstić information content (AvgIpc) is 3.34. The van der Waals surface area contributed by atoms with E-state index in [9.17, 15) is 14.4 Å². The summed E-state index contributed by atoms with van der Waals surface area (Å²) in [6.07, 6.45) is 5.30. The van der Waals surface area contributed by atoms with Crippen LogP contribution in [-0.4, -0.2) is 40.2 Å². The number of ether oxygens (including phenoxy) is 1. The molecular formula is C30H35ClN4O4. The van der Waals surface area contributed by atoms with Gasteiger partial charge in [-0.3, -0.25) is 14.5 Å². The average molecular weight is 551 g/mol. The summed E-state index contributed by atoms with van der Waals surface area (Å²) in [5.41, 5.74) is 1.94. The molecule has 1 heterocycles. The first-order valence-electron chi connectivity index (χ1n) is 13.4. The molecule has 3 aromatic rings. The van der Waals surface area contributed by atoms with Crippen molar-refractivity contribution in [3.05, 3.63) is 70.9 Å². The van der Waals surface area contributed by atoms with Gasteiger partial charge in [0.05, 0.1) is 12.3 Å². The summed E-state index contributed by atoms with van der Waals surface area (Å²) in [4.78, 5) is 40.9. The highest BCUT2D eigenvalue weighted by atomic mass is 35.5. The van der Waals surface area contributed by atoms with Gasteiger partial charge in [0, 0.05) is 34.4 Å². The highest BCUT2D eigenvalue weighted by Gasteiger charge is 2.34. The van der Waals surface area contributed by atoms with E-state index in [0.717, 1.165) is 25.7 Å². The number of halogens is 1. The lowest BCUT2D eigenvalue weighted by Crippen LogP contribution is -2.43. The maximum absolute atomic E-state index is 13.7. The summed E-state index contributed by atoms with van der Waals surface area (Å²) >= 11 is 6.00. The first kappa shape index (κ1) is 28.4. The third-order valence-electron chi connectivity index (χ3n) is 7.01. The van der Waals surface area contributed by atoms with E-state index in [-0.39, 0.29) is 35.9 Å². The lowest BCUT2D eigenvalue weighted by atomic mass is 9.82. The van der Waals surface area contributed by atoms with Crippen molar-refractivity contribution in [1.82, 2.24) is 9.78 Å². The quantitative estimate of drug-likeness (QED) is 0.322. The summed E-state index contributed by atoms with van der Waals surface area (Å²) in [6, 6.07) is 13.6. The van der Waals surface area contributed by atoms with Gasteiger partial charge in [0.1, 0.15) is 5.56 Å². The molecule has 1 saturated carbocycles. The Balaban J connectivity index is 1.61. The van der Waals surface area contributed by atoms with E-state index in [1.165, 1.54) is 0 Å². The number of anilines is 2. The van der Waals surface area contributed by atoms with E-state index in [0.29, 0.717) is 33.7 Å². The van der Waals surface area contributed by atoms with Gasteiger partial charge in [0.2, 0.25) is 5.91 Å². The molecule has 0 atom stereocenters. The number of carbonyl (C=O) groups excluding carboxylic acids is 3. The van der Waals surface area contributed by atoms with Crippen molar-refractivity contribution in [3.8, 4) is 5.69 Å². The second-order valence-corrected chi connectivity index (χ2v) is 10.7. The van der Waals surface area contributed by atoms with Gasteiger partial charge >= 0.3 is 5.97 Å². The largest absolute Gasteiger partial charge is 0.462 e. The van der Waals surface area contributed by atoms with Gasteiger partial charge in [-0.25, -0.2) is 9.48 Å². The van der Waals surface area contributed by atoms with Gasteiger partial charge in [0.15, 0.2) is 5.82 Å². The summed E-state index contributed by atoms with van der Waals surface area (Å²) in [7, 11) is 0. The Morgan fingerprint density at radius 3 is 2.41 bits per heavy atom. The van der Waals surface area contributed by atoms with Gasteiger partial charge in [-0.1, -0.05) is 24.6 Å². The zero-order valence-corrected chi connectivity index (χ0v) is 23.6. The Morgan fingerprint density at radius 2 is 1.79 bits per heavy atom. The van der Waals surface area contributed by atoms with Crippen LogP contribution in [0.1, 0.15) is 74.1 Å². The maximum Gasteiger partial charge on any atom is 0.343 e. The molecule has 0 aliphatic heterocycles. The number of esters is 1. The van der Waals surface area contributed by atoms with E-state index in [2.05, 4.69) is 12.2 Å². The zero-order valence-electron chi connectivity index (χ0n) is 22.8. The molecule has 0 unspecified atom stereocenters. The van der Waals surface area contributed by atoms with Gasteiger partial charge in [-0.2, -0.15) is 0 Å². The van der Waals surface area contributed by atoms with Crippen LogP contribution in [0.4, 0.5) is 11.5 Å². The first-order chi connectivity index (χ1) is 18.7. The van der Waals surface area contributed by atoms with Crippen LogP contribution in [0, 0.1) is 11.8 Å². The van der Waals surface area contributed by atoms with E-state index < -0.39 is 5.97 Å². The molecule has 206 valence electrons. The Hall–Kier alpha value is -3.65. The van der Waals surface area contributed by atoms with Crippen LogP contribution in [0.2, 0.25) is 5.02 Å². The monoisotopic (exact) mass is 550 g/mol. The van der Waals surface area contributed by atoms with E-state index in [1.807, 2.05) is 13.8 Å². The number of nitrogens with one attached hydrogen (secondary N) is 1. The number of nitrogens with zero attached hydrogens (tertiary/aromatic N) is 3. The molecule has 4 rings (SSSR count). The molecule has 8 nitrogen and oxygen atoms in total. The molecule has 2 amide bonds. The number of rotatable bonds is 8. The predicted molar refractivity (Wildman–Crippen MR) is 153 cm³/mol. The summed E-state index contributed by atoms with van der Waals surface area (Å²) in [5.74, 6) is 0.0109. The Labute approximate surface area is 234 Å². The summed E-state index contributed by atoms with van der Waals surface area (Å²) in [5, 5.41) is 8.04. The van der Waals surface area contributed by atoms with Crippen molar-refractivity contribution < 1.29 is 19.1 Å². The lowest BCUT2D eigenvalue weighted by molar-refractivity contribution is -0.124. The minimum atomic E-state index is -0.528. The van der Waals surface area contributed by atoms with E-state index in [1.54, 1.807) is 71.2 Å². The second-order valence-electron chi connectivity index (χ2n) is 10.3. The topological polar surface area (TPSA) is 93.5 Å². The van der Waals surface area contributed by atoms with Crippen LogP contribution >= 0.6 is 11.6 Å². The summed E-state index contributed by atoms with van der Waals surface area (Å²) in [6.45, 7) is 8.02. The van der Waals surface area contributed by atoms with Crippen molar-refractivity contribution in [2.75, 3.05) is 16.8 Å². The molecule has 0 saturated heterocycles. The SMILES string of the molecule is CCOC(=O)c1cn(-c2ccc(NC(=O)c3cccc(Cl)c3)cc2)nc1N(C(=O)C1CCC(C)CC1)C(C)C. The van der Waals surface area contributed by atoms with E-state index in [4.69, 9.17) is 21.4 Å². The highest BCUT2D eigenvalue weighted by molar-refractivity contribution is 6.31. The number of benzene rings is 2. The van der Waals surface area contributed by atoms with Gasteiger partial charge in [-0.15, -0.1) is 5.10 Å². The predicted octanol–water partition coefficient (Wildman–Crippen LogP) is 6.52. The van der Waals surface area contributed by atoms with Crippen molar-refractivity contribution >= 4 is 40.9 Å². The smallest absolute Gasteiger partial charge is 0.343 e. The van der Waals surface area contributed by atoms with Crippen LogP contribution in [-0.2, 0) is 9.53 Å². The molecule has 0 bridgehead atoms. The Bertz CT molecular complexity index is 1330. The Morgan fingerprint density at radius 1 is 1.10 bits per heavy atom. The molecule has 9 heteroatoms. The van der Waals surface area contributed by atoms with Gasteiger partial charge in [0.25, 0.3) is 5.91 Å². The fourth-order valence-corrected chi connectivity index (χ4v) is 5.06. The second kappa shape index (κ2) is 12.5. The molecule has 1 aromatic heterocycles. The van der Waals surface area contributed by atoms with Crippen molar-refractivity contribution in [1.29, 1.82) is 0 Å². The fraction of sp³-hybridized carbons (Fsp3) is 0.400. The molecule has 39 heavy (non-hydrogen) atoms. The number of amides is 2. The molecule has 1 aliphatic rings. The first-order valence-corrected chi connectivity index (χ1v) is 13.8. The maximum atomic E-state index is 13.7. The Kier molecular flexibility index (Phi) is 9.07. The fourth-order valence-electron chi connectivity index (χ4n) is 4.87. The van der Waals surface area contributed by atoms with Crippen molar-refractivity contribution in [2.24, 2.45) is 11.8 Å². The molecule has 0 radical (unpaired) electrons. The van der Waals surface area contributed by atoms with Crippen LogP contribution < -0.4 is 10.2 Å². The molecule has 1 aliphatic carbocycles. The van der Waals surface area contributed by atoms with E-state index >= 15 is 0 Å². The minimum absolute atomic E-state index is 0.00762. The van der Waals surface area contributed by atoms with Crippen LogP contribution in [0.15, 0.2) is 54.7 Å². The lowest BCUT2D eigenvalue weighted by Gasteiger charge is -2.32. The zero-order chi connectivity index (χ0) is 28.1. The number of hydrogen-bond acceptors (Lipinski definition) is 5. The molecule has 1 fully saturated rings. The van der Waals surface area contributed by atoms with Crippen molar-refractivity contribution in [3.63, 3.8) is 0 Å². The number of carbonyl (C=O) groups is 3. The molecule has 1 N–H and O–H groups in total. The summed E-state index contributed by atoms with van der Waals surface area (Å²) < 4.78 is 6.88. The molecule has 0 spiro atoms. The van der Waals surface area contributed by atoms with Gasteiger partial charge < -0.3 is 10.1 Å². The molecule has 2 aromatic carbocycles. The molecular weight excluding hydrogens is 516 g/mol. The normalized spacial score (nSPS) is 17.1. The minimum Gasteiger partial charge on any atom is -0.462 e. The van der Waals surface area contributed by atoms with Crippen LogP contribution in [0.5, 0.6) is 0 Å². The standard InChI is InChI=1S/C30H35ClN4O4/c1-5-39-30(38)26-18-34(33-27(26)35(19(2)3)29(37)21-11-9-20(4)10-12-21)25-15-13-24(14-16-25)32-28(36)22-7-6-8-23(31)17-22/h6-8,13-21H,5,9-12H2,1-4H3,(H,32,36). The van der Waals surface area contributed by atoms with Gasteiger partial charge in [-0.05, 0) is 94.8 Å². The third kappa shape index (κ3) is 6.68. The van der Waals surface area contributed by atoms with Crippen LogP contribution in [0.25, 0.3) is 5.69 Å². The highest BCUT2D eigenvalue weighted by Crippen LogP contribution is 2.33.